The summed E-state index contributed by atoms with van der Waals surface area (Å²) in [6, 6.07) is 9.50. The predicted molar refractivity (Wildman–Crippen MR) is 117 cm³/mol. The van der Waals surface area contributed by atoms with Crippen molar-refractivity contribution in [2.45, 2.75) is 39.0 Å². The fourth-order valence-corrected chi connectivity index (χ4v) is 4.42. The molecule has 0 radical (unpaired) electrons. The van der Waals surface area contributed by atoms with Crippen LogP contribution < -0.4 is 0 Å². The zero-order valence-corrected chi connectivity index (χ0v) is 18.7. The maximum Gasteiger partial charge on any atom is 0.191 e. The highest BCUT2D eigenvalue weighted by Crippen LogP contribution is 2.27. The monoisotopic (exact) mass is 432 g/mol. The van der Waals surface area contributed by atoms with Crippen LogP contribution in [-0.2, 0) is 17.8 Å². The van der Waals surface area contributed by atoms with Crippen molar-refractivity contribution in [1.29, 1.82) is 0 Å². The van der Waals surface area contributed by atoms with E-state index in [1.54, 1.807) is 7.11 Å². The summed E-state index contributed by atoms with van der Waals surface area (Å²) in [4.78, 5) is 12.9. The van der Waals surface area contributed by atoms with Gasteiger partial charge in [-0.2, -0.15) is 0 Å². The molecule has 0 atom stereocenters. The van der Waals surface area contributed by atoms with E-state index in [1.165, 1.54) is 11.8 Å². The second-order valence-electron chi connectivity index (χ2n) is 6.70. The quantitative estimate of drug-likeness (QED) is 0.363. The van der Waals surface area contributed by atoms with E-state index in [2.05, 4.69) is 14.8 Å². The van der Waals surface area contributed by atoms with E-state index < -0.39 is 0 Å². The van der Waals surface area contributed by atoms with E-state index in [0.29, 0.717) is 23.9 Å². The number of hydrogen-bond acceptors (Lipinski definition) is 5. The third kappa shape index (κ3) is 4.74. The number of aromatic nitrogens is 4. The molecule has 0 bridgehead atoms. The third-order valence-electron chi connectivity index (χ3n) is 4.84. The summed E-state index contributed by atoms with van der Waals surface area (Å²) in [5, 5.41) is 10.0. The molecule has 0 saturated carbocycles. The Labute approximate surface area is 180 Å². The van der Waals surface area contributed by atoms with Gasteiger partial charge >= 0.3 is 0 Å². The molecule has 2 aromatic heterocycles. The molecule has 1 aromatic carbocycles. The zero-order valence-electron chi connectivity index (χ0n) is 17.1. The molecule has 3 aromatic rings. The highest BCUT2D eigenvalue weighted by Gasteiger charge is 2.19. The van der Waals surface area contributed by atoms with Gasteiger partial charge in [0.05, 0.1) is 12.4 Å². The van der Waals surface area contributed by atoms with Crippen molar-refractivity contribution < 1.29 is 9.53 Å². The zero-order chi connectivity index (χ0) is 21.0. The summed E-state index contributed by atoms with van der Waals surface area (Å²) >= 11 is 7.52. The Hall–Kier alpha value is -2.09. The van der Waals surface area contributed by atoms with E-state index in [9.17, 15) is 4.79 Å². The Morgan fingerprint density at radius 3 is 2.69 bits per heavy atom. The van der Waals surface area contributed by atoms with Gasteiger partial charge in [-0.15, -0.1) is 10.2 Å². The largest absolute Gasteiger partial charge is 0.383 e. The summed E-state index contributed by atoms with van der Waals surface area (Å²) in [6.45, 7) is 8.08. The molecular weight excluding hydrogens is 408 g/mol. The smallest absolute Gasteiger partial charge is 0.191 e. The first-order chi connectivity index (χ1) is 14.0. The Morgan fingerprint density at radius 1 is 1.21 bits per heavy atom. The van der Waals surface area contributed by atoms with Crippen molar-refractivity contribution in [1.82, 2.24) is 19.3 Å². The van der Waals surface area contributed by atoms with Crippen molar-refractivity contribution in [3.8, 4) is 11.4 Å². The number of Topliss-reactive ketones (excluding diaryl/α,β-unsaturated/α-hetero) is 1. The lowest BCUT2D eigenvalue weighted by molar-refractivity contribution is 0.102. The summed E-state index contributed by atoms with van der Waals surface area (Å²) in [5.74, 6) is 1.15. The summed E-state index contributed by atoms with van der Waals surface area (Å²) < 4.78 is 9.29. The van der Waals surface area contributed by atoms with Crippen LogP contribution in [0.5, 0.6) is 0 Å². The molecule has 3 rings (SSSR count). The SMILES string of the molecule is CCn1c(SCC(=O)c2cc(C)n(CCOC)c2C)nnc1-c1cccc(Cl)c1. The Kier molecular flexibility index (Phi) is 7.16. The number of rotatable bonds is 9. The number of nitrogens with zero attached hydrogens (tertiary/aromatic N) is 4. The Bertz CT molecular complexity index is 1010. The molecule has 0 fully saturated rings. The normalized spacial score (nSPS) is 11.2. The fourth-order valence-electron chi connectivity index (χ4n) is 3.34. The van der Waals surface area contributed by atoms with Crippen molar-refractivity contribution in [2.75, 3.05) is 19.5 Å². The number of thioether (sulfide) groups is 1. The topological polar surface area (TPSA) is 61.9 Å². The third-order valence-corrected chi connectivity index (χ3v) is 6.04. The van der Waals surface area contributed by atoms with Crippen LogP contribution in [0.3, 0.4) is 0 Å². The van der Waals surface area contributed by atoms with Crippen LogP contribution in [0.25, 0.3) is 11.4 Å². The molecular formula is C21H25ClN4O2S. The van der Waals surface area contributed by atoms with Crippen LogP contribution >= 0.6 is 23.4 Å². The van der Waals surface area contributed by atoms with Gasteiger partial charge in [0, 0.05) is 47.7 Å². The molecule has 0 spiro atoms. The maximum atomic E-state index is 12.9. The molecule has 29 heavy (non-hydrogen) atoms. The summed E-state index contributed by atoms with van der Waals surface area (Å²) in [5.41, 5.74) is 3.70. The van der Waals surface area contributed by atoms with Gasteiger partial charge in [0.25, 0.3) is 0 Å². The Morgan fingerprint density at radius 2 is 2.00 bits per heavy atom. The lowest BCUT2D eigenvalue weighted by Gasteiger charge is -2.09. The molecule has 154 valence electrons. The average molecular weight is 433 g/mol. The number of aryl methyl sites for hydroxylation is 1. The maximum absolute atomic E-state index is 12.9. The first kappa shape index (κ1) is 21.6. The van der Waals surface area contributed by atoms with E-state index in [1.807, 2.05) is 55.7 Å². The van der Waals surface area contributed by atoms with Gasteiger partial charge < -0.3 is 13.9 Å². The minimum absolute atomic E-state index is 0.0849. The first-order valence-corrected chi connectivity index (χ1v) is 10.8. The second kappa shape index (κ2) is 9.61. The van der Waals surface area contributed by atoms with Crippen LogP contribution in [-0.4, -0.2) is 44.6 Å². The molecule has 0 aliphatic carbocycles. The highest BCUT2D eigenvalue weighted by molar-refractivity contribution is 7.99. The number of carbonyl (C=O) groups is 1. The molecule has 2 heterocycles. The first-order valence-electron chi connectivity index (χ1n) is 9.47. The minimum Gasteiger partial charge on any atom is -0.383 e. The summed E-state index contributed by atoms with van der Waals surface area (Å²) in [6.07, 6.45) is 0. The van der Waals surface area contributed by atoms with Crippen LogP contribution in [0, 0.1) is 13.8 Å². The molecule has 0 N–H and O–H groups in total. The minimum atomic E-state index is 0.0849. The molecule has 8 heteroatoms. The van der Waals surface area contributed by atoms with Gasteiger partial charge in [0.2, 0.25) is 0 Å². The highest BCUT2D eigenvalue weighted by atomic mass is 35.5. The van der Waals surface area contributed by atoms with Gasteiger partial charge in [0.1, 0.15) is 0 Å². The number of benzene rings is 1. The van der Waals surface area contributed by atoms with Crippen molar-refractivity contribution >= 4 is 29.1 Å². The van der Waals surface area contributed by atoms with Crippen LogP contribution in [0.4, 0.5) is 0 Å². The lowest BCUT2D eigenvalue weighted by Crippen LogP contribution is -2.10. The molecule has 0 aliphatic heterocycles. The Balaban J connectivity index is 1.76. The number of methoxy groups -OCH3 is 1. The lowest BCUT2D eigenvalue weighted by atomic mass is 10.2. The predicted octanol–water partition coefficient (Wildman–Crippen LogP) is 4.66. The van der Waals surface area contributed by atoms with Gasteiger partial charge in [-0.3, -0.25) is 4.79 Å². The van der Waals surface area contributed by atoms with E-state index >= 15 is 0 Å². The summed E-state index contributed by atoms with van der Waals surface area (Å²) in [7, 11) is 1.68. The number of ether oxygens (including phenoxy) is 1. The fraction of sp³-hybridized carbons (Fsp3) is 0.381. The molecule has 0 saturated heterocycles. The van der Waals surface area contributed by atoms with E-state index in [-0.39, 0.29) is 5.78 Å². The second-order valence-corrected chi connectivity index (χ2v) is 8.08. The molecule has 0 unspecified atom stereocenters. The number of carbonyl (C=O) groups excluding carboxylic acids is 1. The van der Waals surface area contributed by atoms with Crippen molar-refractivity contribution in [2.24, 2.45) is 0 Å². The van der Waals surface area contributed by atoms with Gasteiger partial charge in [-0.05, 0) is 39.0 Å². The van der Waals surface area contributed by atoms with Gasteiger partial charge in [-0.1, -0.05) is 35.5 Å². The average Bonchev–Trinajstić information content (AvgIpc) is 3.25. The van der Waals surface area contributed by atoms with Crippen molar-refractivity contribution in [3.63, 3.8) is 0 Å². The molecule has 6 nitrogen and oxygen atoms in total. The number of hydrogen-bond donors (Lipinski definition) is 0. The molecule has 0 aliphatic rings. The van der Waals surface area contributed by atoms with E-state index in [4.69, 9.17) is 16.3 Å². The number of halogens is 1. The van der Waals surface area contributed by atoms with Crippen LogP contribution in [0.1, 0.15) is 28.7 Å². The van der Waals surface area contributed by atoms with Gasteiger partial charge in [-0.25, -0.2) is 0 Å². The van der Waals surface area contributed by atoms with E-state index in [0.717, 1.165) is 40.0 Å². The van der Waals surface area contributed by atoms with Gasteiger partial charge in [0.15, 0.2) is 16.8 Å². The van der Waals surface area contributed by atoms with Crippen LogP contribution in [0.2, 0.25) is 5.02 Å². The number of ketones is 1. The van der Waals surface area contributed by atoms with Crippen molar-refractivity contribution in [3.05, 3.63) is 52.3 Å². The standard InChI is InChI=1S/C21H25ClN4O2S/c1-5-25-20(16-7-6-8-17(22)12-16)23-24-21(25)29-13-19(27)18-11-14(2)26(15(18)3)9-10-28-4/h6-8,11-12H,5,9-10,13H2,1-4H3. The molecule has 0 amide bonds. The van der Waals surface area contributed by atoms with Crippen LogP contribution in [0.15, 0.2) is 35.5 Å².